The number of carbonyl (C=O) groups is 1. The topological polar surface area (TPSA) is 91.6 Å². The highest BCUT2D eigenvalue weighted by Crippen LogP contribution is 2.28. The van der Waals surface area contributed by atoms with Crippen LogP contribution in [0.5, 0.6) is 11.5 Å². The first-order chi connectivity index (χ1) is 17.7. The number of nitrogens with one attached hydrogen (secondary N) is 1. The number of thiophene rings is 1. The van der Waals surface area contributed by atoms with Crippen LogP contribution in [0.25, 0.3) is 15.9 Å². The van der Waals surface area contributed by atoms with Crippen LogP contribution in [-0.2, 0) is 17.8 Å². The summed E-state index contributed by atoms with van der Waals surface area (Å²) >= 11 is 1.36. The molecule has 0 saturated heterocycles. The van der Waals surface area contributed by atoms with E-state index in [4.69, 9.17) is 9.47 Å². The van der Waals surface area contributed by atoms with Gasteiger partial charge in [0, 0.05) is 11.4 Å². The predicted octanol–water partition coefficient (Wildman–Crippen LogP) is 3.82. The molecule has 1 N–H and O–H groups in total. The Morgan fingerprint density at radius 2 is 1.68 bits per heavy atom. The molecule has 0 aliphatic rings. The van der Waals surface area contributed by atoms with Crippen LogP contribution in [-0.4, -0.2) is 35.8 Å². The van der Waals surface area contributed by atoms with Gasteiger partial charge in [0.25, 0.3) is 5.56 Å². The number of carbonyl (C=O) groups excluding carboxylic acids is 1. The van der Waals surface area contributed by atoms with Crippen molar-refractivity contribution >= 4 is 27.5 Å². The smallest absolute Gasteiger partial charge is 0.337 e. The van der Waals surface area contributed by atoms with Crippen molar-refractivity contribution in [2.24, 2.45) is 0 Å². The van der Waals surface area contributed by atoms with E-state index in [2.05, 4.69) is 5.32 Å². The SMILES string of the molecule is COc1ccc(CCNC(=O)Cn2c(=O)n(-c3ccc(C)c(C)c3)c(=O)c3c(C)c(C)sc32)cc1OC. The van der Waals surface area contributed by atoms with Crippen molar-refractivity contribution in [2.75, 3.05) is 20.8 Å². The lowest BCUT2D eigenvalue weighted by Gasteiger charge is -2.14. The molecule has 0 spiro atoms. The molecule has 0 saturated carbocycles. The van der Waals surface area contributed by atoms with Crippen LogP contribution in [0.3, 0.4) is 0 Å². The van der Waals surface area contributed by atoms with E-state index in [0.717, 1.165) is 27.1 Å². The molecule has 8 nitrogen and oxygen atoms in total. The van der Waals surface area contributed by atoms with E-state index in [-0.39, 0.29) is 18.0 Å². The van der Waals surface area contributed by atoms with Crippen molar-refractivity contribution in [1.29, 1.82) is 0 Å². The average molecular weight is 522 g/mol. The second kappa shape index (κ2) is 10.6. The summed E-state index contributed by atoms with van der Waals surface area (Å²) in [6.45, 7) is 7.89. The van der Waals surface area contributed by atoms with Crippen molar-refractivity contribution in [3.05, 3.63) is 84.4 Å². The summed E-state index contributed by atoms with van der Waals surface area (Å²) in [6, 6.07) is 11.1. The number of hydrogen-bond acceptors (Lipinski definition) is 6. The van der Waals surface area contributed by atoms with Gasteiger partial charge in [-0.3, -0.25) is 14.2 Å². The van der Waals surface area contributed by atoms with Gasteiger partial charge in [-0.05, 0) is 80.6 Å². The van der Waals surface area contributed by atoms with Crippen LogP contribution in [0.15, 0.2) is 46.0 Å². The van der Waals surface area contributed by atoms with Crippen molar-refractivity contribution < 1.29 is 14.3 Å². The quantitative estimate of drug-likeness (QED) is 0.381. The Hall–Kier alpha value is -3.85. The van der Waals surface area contributed by atoms with Gasteiger partial charge in [-0.15, -0.1) is 11.3 Å². The number of methoxy groups -OCH3 is 2. The highest BCUT2D eigenvalue weighted by Gasteiger charge is 2.21. The van der Waals surface area contributed by atoms with E-state index >= 15 is 0 Å². The molecule has 0 aliphatic carbocycles. The van der Waals surface area contributed by atoms with Crippen molar-refractivity contribution in [3.8, 4) is 17.2 Å². The van der Waals surface area contributed by atoms with Crippen LogP contribution in [0.2, 0.25) is 0 Å². The zero-order valence-electron chi connectivity index (χ0n) is 21.9. The van der Waals surface area contributed by atoms with Crippen molar-refractivity contribution in [1.82, 2.24) is 14.5 Å². The fourth-order valence-electron chi connectivity index (χ4n) is 4.27. The molecular weight excluding hydrogens is 490 g/mol. The van der Waals surface area contributed by atoms with E-state index in [0.29, 0.717) is 40.4 Å². The molecule has 0 bridgehead atoms. The first kappa shape index (κ1) is 26.2. The molecule has 0 unspecified atom stereocenters. The standard InChI is InChI=1S/C28H31N3O5S/c1-16-7-9-21(13-17(16)2)31-26(33)25-18(3)19(4)37-27(25)30(28(31)34)15-24(32)29-12-11-20-8-10-22(35-5)23(14-20)36-6/h7-10,13-14H,11-12,15H2,1-6H3,(H,29,32). The third-order valence-electron chi connectivity index (χ3n) is 6.69. The number of ether oxygens (including phenoxy) is 2. The minimum absolute atomic E-state index is 0.189. The highest BCUT2D eigenvalue weighted by atomic mass is 32.1. The Labute approximate surface area is 219 Å². The highest BCUT2D eigenvalue weighted by molar-refractivity contribution is 7.18. The van der Waals surface area contributed by atoms with Gasteiger partial charge in [-0.25, -0.2) is 9.36 Å². The molecule has 0 radical (unpaired) electrons. The second-order valence-electron chi connectivity index (χ2n) is 9.03. The summed E-state index contributed by atoms with van der Waals surface area (Å²) in [5, 5.41) is 3.37. The molecule has 1 amide bonds. The molecule has 37 heavy (non-hydrogen) atoms. The maximum absolute atomic E-state index is 13.6. The van der Waals surface area contributed by atoms with Gasteiger partial charge < -0.3 is 14.8 Å². The molecule has 0 aliphatic heterocycles. The number of aryl methyl sites for hydroxylation is 4. The number of aromatic nitrogens is 2. The third kappa shape index (κ3) is 5.04. The largest absolute Gasteiger partial charge is 0.493 e. The molecule has 2 heterocycles. The Bertz CT molecular complexity index is 1610. The second-order valence-corrected chi connectivity index (χ2v) is 10.2. The molecule has 0 atom stereocenters. The number of benzene rings is 2. The summed E-state index contributed by atoms with van der Waals surface area (Å²) in [7, 11) is 3.16. The van der Waals surface area contributed by atoms with E-state index in [1.807, 2.05) is 58.0 Å². The Balaban J connectivity index is 1.64. The normalized spacial score (nSPS) is 11.1. The van der Waals surface area contributed by atoms with E-state index in [1.54, 1.807) is 20.3 Å². The van der Waals surface area contributed by atoms with E-state index < -0.39 is 5.69 Å². The van der Waals surface area contributed by atoms with Gasteiger partial charge in [-0.2, -0.15) is 0 Å². The Morgan fingerprint density at radius 1 is 0.946 bits per heavy atom. The lowest BCUT2D eigenvalue weighted by molar-refractivity contribution is -0.121. The number of fused-ring (bicyclic) bond motifs is 1. The number of rotatable bonds is 8. The monoisotopic (exact) mass is 521 g/mol. The first-order valence-corrected chi connectivity index (χ1v) is 12.8. The van der Waals surface area contributed by atoms with E-state index in [9.17, 15) is 14.4 Å². The van der Waals surface area contributed by atoms with Crippen LogP contribution >= 0.6 is 11.3 Å². The van der Waals surface area contributed by atoms with Gasteiger partial charge in [-0.1, -0.05) is 12.1 Å². The van der Waals surface area contributed by atoms with Crippen LogP contribution in [0, 0.1) is 27.7 Å². The van der Waals surface area contributed by atoms with Crippen LogP contribution < -0.4 is 26.0 Å². The maximum Gasteiger partial charge on any atom is 0.337 e. The summed E-state index contributed by atoms with van der Waals surface area (Å²) in [4.78, 5) is 41.5. The molecule has 2 aromatic carbocycles. The minimum Gasteiger partial charge on any atom is -0.493 e. The Morgan fingerprint density at radius 3 is 2.35 bits per heavy atom. The van der Waals surface area contributed by atoms with Gasteiger partial charge in [0.1, 0.15) is 11.4 Å². The van der Waals surface area contributed by atoms with Crippen molar-refractivity contribution in [3.63, 3.8) is 0 Å². The van der Waals surface area contributed by atoms with Gasteiger partial charge in [0.05, 0.1) is 25.3 Å². The van der Waals surface area contributed by atoms with Gasteiger partial charge in [0.15, 0.2) is 11.5 Å². The molecule has 4 aromatic rings. The molecule has 9 heteroatoms. The molecule has 0 fully saturated rings. The maximum atomic E-state index is 13.6. The molecule has 194 valence electrons. The first-order valence-electron chi connectivity index (χ1n) is 12.0. The fourth-order valence-corrected chi connectivity index (χ4v) is 5.41. The number of hydrogen-bond donors (Lipinski definition) is 1. The summed E-state index contributed by atoms with van der Waals surface area (Å²) in [6.07, 6.45) is 0.579. The minimum atomic E-state index is -0.531. The van der Waals surface area contributed by atoms with Crippen LogP contribution in [0.1, 0.15) is 27.1 Å². The number of amides is 1. The summed E-state index contributed by atoms with van der Waals surface area (Å²) in [5.41, 5.74) is 3.44. The van der Waals surface area contributed by atoms with Gasteiger partial charge in [0.2, 0.25) is 5.91 Å². The van der Waals surface area contributed by atoms with E-state index in [1.165, 1.54) is 20.5 Å². The zero-order valence-corrected chi connectivity index (χ0v) is 22.7. The van der Waals surface area contributed by atoms with Crippen molar-refractivity contribution in [2.45, 2.75) is 40.7 Å². The lowest BCUT2D eigenvalue weighted by atomic mass is 10.1. The summed E-state index contributed by atoms with van der Waals surface area (Å²) < 4.78 is 13.2. The average Bonchev–Trinajstić information content (AvgIpc) is 3.18. The zero-order chi connectivity index (χ0) is 26.9. The lowest BCUT2D eigenvalue weighted by Crippen LogP contribution is -2.41. The van der Waals surface area contributed by atoms with Crippen LogP contribution in [0.4, 0.5) is 0 Å². The molecule has 2 aromatic heterocycles. The number of nitrogens with zero attached hydrogens (tertiary/aromatic N) is 2. The molecular formula is C28H31N3O5S. The fraction of sp³-hybridized carbons (Fsp3) is 0.321. The Kier molecular flexibility index (Phi) is 7.54. The predicted molar refractivity (Wildman–Crippen MR) is 147 cm³/mol. The summed E-state index contributed by atoms with van der Waals surface area (Å²) in [5.74, 6) is 0.953. The third-order valence-corrected chi connectivity index (χ3v) is 7.92. The molecule has 4 rings (SSSR count). The van der Waals surface area contributed by atoms with Gasteiger partial charge >= 0.3 is 5.69 Å².